The van der Waals surface area contributed by atoms with Gasteiger partial charge in [-0.25, -0.2) is 8.78 Å². The lowest BCUT2D eigenvalue weighted by molar-refractivity contribution is -0.140. The van der Waals surface area contributed by atoms with Crippen LogP contribution in [0.5, 0.6) is 0 Å². The van der Waals surface area contributed by atoms with E-state index >= 15 is 4.39 Å². The summed E-state index contributed by atoms with van der Waals surface area (Å²) in [6, 6.07) is 4.69. The van der Waals surface area contributed by atoms with Gasteiger partial charge in [0.05, 0.1) is 12.5 Å². The third kappa shape index (κ3) is 6.99. The molecule has 3 aliphatic heterocycles. The van der Waals surface area contributed by atoms with E-state index in [0.29, 0.717) is 31.4 Å². The molecule has 2 N–H and O–H groups in total. The molecule has 248 valence electrons. The maximum absolute atomic E-state index is 16.4. The standard InChI is InChI=1S/C37H47F2N3O4/c1-23-16-27(38)17-25-8-6-4-3-5-7-9-31(42-22-37(21-32(42)43)12-14-41(2)15-13-37)36(46)40-30(20-33(44)45)29-19-26(34(23)25)18-28(35(29)39)24-10-11-24/h16-19,24,30-31H,3-15,20-22H2,1-2H3,(H,40,46)(H,44,45)/t30-,31-/m0/s1. The molecule has 2 atom stereocenters. The second kappa shape index (κ2) is 13.4. The van der Waals surface area contributed by atoms with E-state index in [-0.39, 0.29) is 28.6 Å². The molecule has 0 radical (unpaired) electrons. The Morgan fingerprint density at radius 2 is 1.67 bits per heavy atom. The van der Waals surface area contributed by atoms with Crippen molar-refractivity contribution in [3.8, 4) is 11.1 Å². The lowest BCUT2D eigenvalue weighted by Crippen LogP contribution is -2.50. The second-order valence-corrected chi connectivity index (χ2v) is 14.5. The van der Waals surface area contributed by atoms with Gasteiger partial charge in [0.1, 0.15) is 17.7 Å². The van der Waals surface area contributed by atoms with Crippen LogP contribution in [0.25, 0.3) is 11.1 Å². The van der Waals surface area contributed by atoms with E-state index in [4.69, 9.17) is 0 Å². The molecule has 0 unspecified atom stereocenters. The highest BCUT2D eigenvalue weighted by molar-refractivity contribution is 5.89. The smallest absolute Gasteiger partial charge is 0.305 e. The summed E-state index contributed by atoms with van der Waals surface area (Å²) in [6.45, 7) is 4.19. The Kier molecular flexibility index (Phi) is 9.51. The topological polar surface area (TPSA) is 89.9 Å². The number of nitrogens with one attached hydrogen (secondary N) is 1. The van der Waals surface area contributed by atoms with Crippen LogP contribution in [-0.4, -0.2) is 65.4 Å². The molecular formula is C37H47F2N3O4. The summed E-state index contributed by atoms with van der Waals surface area (Å²) in [5.41, 5.74) is 3.67. The van der Waals surface area contributed by atoms with Gasteiger partial charge in [0.15, 0.2) is 0 Å². The fourth-order valence-electron chi connectivity index (χ4n) is 8.11. The molecule has 3 fully saturated rings. The average Bonchev–Trinajstić information content (AvgIpc) is 3.79. The molecule has 46 heavy (non-hydrogen) atoms. The SMILES string of the molecule is Cc1cc(F)cc2c1-c1cc(C3CC3)c(F)c(c1)[C@H](CC(=O)O)NC(=O)[C@@H](N1CC3(CCN(C)CC3)CC1=O)CCCCCCC2. The van der Waals surface area contributed by atoms with Gasteiger partial charge < -0.3 is 20.2 Å². The maximum Gasteiger partial charge on any atom is 0.305 e. The fraction of sp³-hybridized carbons (Fsp3) is 0.595. The van der Waals surface area contributed by atoms with Crippen molar-refractivity contribution in [2.45, 2.75) is 108 Å². The lowest BCUT2D eigenvalue weighted by Gasteiger charge is -2.38. The Bertz CT molecular complexity index is 1500. The van der Waals surface area contributed by atoms with Crippen LogP contribution in [0.4, 0.5) is 8.78 Å². The minimum Gasteiger partial charge on any atom is -0.481 e. The Morgan fingerprint density at radius 1 is 0.978 bits per heavy atom. The van der Waals surface area contributed by atoms with Crippen LogP contribution in [-0.2, 0) is 20.8 Å². The zero-order valence-corrected chi connectivity index (χ0v) is 27.2. The molecule has 1 saturated carbocycles. The molecule has 2 saturated heterocycles. The summed E-state index contributed by atoms with van der Waals surface area (Å²) in [4.78, 5) is 43.9. The molecule has 9 heteroatoms. The van der Waals surface area contributed by atoms with Gasteiger partial charge in [-0.2, -0.15) is 0 Å². The number of nitrogens with zero attached hydrogens (tertiary/aromatic N) is 2. The molecule has 2 aromatic rings. The largest absolute Gasteiger partial charge is 0.481 e. The van der Waals surface area contributed by atoms with Crippen LogP contribution >= 0.6 is 0 Å². The fourth-order valence-corrected chi connectivity index (χ4v) is 8.11. The molecule has 0 aromatic heterocycles. The molecular weight excluding hydrogens is 588 g/mol. The maximum atomic E-state index is 16.4. The first-order chi connectivity index (χ1) is 22.0. The normalized spacial score (nSPS) is 24.6. The van der Waals surface area contributed by atoms with E-state index in [1.807, 2.05) is 13.0 Å². The molecule has 3 heterocycles. The average molecular weight is 636 g/mol. The third-order valence-electron chi connectivity index (χ3n) is 10.9. The number of fused-ring (bicyclic) bond motifs is 4. The third-order valence-corrected chi connectivity index (χ3v) is 10.9. The van der Waals surface area contributed by atoms with Crippen LogP contribution in [0.1, 0.15) is 111 Å². The number of piperidine rings is 1. The van der Waals surface area contributed by atoms with Gasteiger partial charge >= 0.3 is 5.97 Å². The number of carbonyl (C=O) groups is 3. The van der Waals surface area contributed by atoms with Gasteiger partial charge in [-0.1, -0.05) is 25.7 Å². The number of aryl methyl sites for hydroxylation is 2. The molecule has 7 nitrogen and oxygen atoms in total. The summed E-state index contributed by atoms with van der Waals surface area (Å²) in [7, 11) is 2.08. The van der Waals surface area contributed by atoms with Gasteiger partial charge in [0.2, 0.25) is 11.8 Å². The first kappa shape index (κ1) is 32.6. The monoisotopic (exact) mass is 635 g/mol. The van der Waals surface area contributed by atoms with Crippen LogP contribution in [0.3, 0.4) is 0 Å². The number of hydrogen-bond donors (Lipinski definition) is 2. The Balaban J connectivity index is 1.40. The van der Waals surface area contributed by atoms with E-state index in [2.05, 4.69) is 17.3 Å². The molecule has 2 bridgehead atoms. The number of rotatable bonds is 4. The zero-order valence-electron chi connectivity index (χ0n) is 27.2. The van der Waals surface area contributed by atoms with E-state index in [1.54, 1.807) is 17.0 Å². The predicted molar refractivity (Wildman–Crippen MR) is 172 cm³/mol. The van der Waals surface area contributed by atoms with Crippen LogP contribution in [0.2, 0.25) is 0 Å². The summed E-state index contributed by atoms with van der Waals surface area (Å²) >= 11 is 0. The minimum absolute atomic E-state index is 0.0235. The van der Waals surface area contributed by atoms with E-state index in [1.165, 1.54) is 6.07 Å². The molecule has 6 rings (SSSR count). The first-order valence-corrected chi connectivity index (χ1v) is 17.2. The van der Waals surface area contributed by atoms with E-state index in [0.717, 1.165) is 93.1 Å². The van der Waals surface area contributed by atoms with Crippen molar-refractivity contribution in [2.75, 3.05) is 26.7 Å². The highest BCUT2D eigenvalue weighted by Crippen LogP contribution is 2.46. The summed E-state index contributed by atoms with van der Waals surface area (Å²) < 4.78 is 31.1. The van der Waals surface area contributed by atoms with E-state index in [9.17, 15) is 23.9 Å². The number of carboxylic acid groups (broad SMARTS) is 1. The number of aliphatic carboxylic acids is 1. The summed E-state index contributed by atoms with van der Waals surface area (Å²) in [5.74, 6) is -2.38. The molecule has 1 spiro atoms. The highest BCUT2D eigenvalue weighted by Gasteiger charge is 2.48. The van der Waals surface area contributed by atoms with Crippen LogP contribution in [0, 0.1) is 24.0 Å². The highest BCUT2D eigenvalue weighted by atomic mass is 19.1. The van der Waals surface area contributed by atoms with Crippen molar-refractivity contribution in [1.29, 1.82) is 0 Å². The zero-order chi connectivity index (χ0) is 32.6. The van der Waals surface area contributed by atoms with Crippen LogP contribution in [0.15, 0.2) is 24.3 Å². The number of benzene rings is 2. The van der Waals surface area contributed by atoms with Gasteiger partial charge in [0, 0.05) is 18.5 Å². The number of carboxylic acids is 1. The van der Waals surface area contributed by atoms with Crippen molar-refractivity contribution in [3.63, 3.8) is 0 Å². The van der Waals surface area contributed by atoms with Gasteiger partial charge in [-0.05, 0) is 135 Å². The molecule has 1 aliphatic carbocycles. The van der Waals surface area contributed by atoms with Crippen molar-refractivity contribution in [1.82, 2.24) is 15.1 Å². The first-order valence-electron chi connectivity index (χ1n) is 17.2. The molecule has 2 aromatic carbocycles. The van der Waals surface area contributed by atoms with Crippen molar-refractivity contribution in [2.24, 2.45) is 5.41 Å². The Morgan fingerprint density at radius 3 is 2.39 bits per heavy atom. The predicted octanol–water partition coefficient (Wildman–Crippen LogP) is 6.66. The number of hydrogen-bond acceptors (Lipinski definition) is 4. The quantitative estimate of drug-likeness (QED) is 0.392. The van der Waals surface area contributed by atoms with Crippen molar-refractivity contribution < 1.29 is 28.3 Å². The summed E-state index contributed by atoms with van der Waals surface area (Å²) in [6.07, 6.45) is 8.93. The Labute approximate surface area is 270 Å². The van der Waals surface area contributed by atoms with Crippen LogP contribution < -0.4 is 5.32 Å². The number of likely N-dealkylation sites (tertiary alicyclic amines) is 2. The molecule has 2 amide bonds. The Hall–Kier alpha value is -3.33. The lowest BCUT2D eigenvalue weighted by atomic mass is 9.78. The van der Waals surface area contributed by atoms with E-state index < -0.39 is 36.2 Å². The minimum atomic E-state index is -1.16. The van der Waals surface area contributed by atoms with Gasteiger partial charge in [-0.3, -0.25) is 14.4 Å². The summed E-state index contributed by atoms with van der Waals surface area (Å²) in [5, 5.41) is 12.9. The van der Waals surface area contributed by atoms with Gasteiger partial charge in [0.25, 0.3) is 0 Å². The van der Waals surface area contributed by atoms with Crippen molar-refractivity contribution in [3.05, 3.63) is 58.2 Å². The number of halogens is 2. The number of amides is 2. The number of carbonyl (C=O) groups excluding carboxylic acids is 2. The van der Waals surface area contributed by atoms with Gasteiger partial charge in [-0.15, -0.1) is 0 Å². The van der Waals surface area contributed by atoms with Crippen molar-refractivity contribution >= 4 is 17.8 Å². The second-order valence-electron chi connectivity index (χ2n) is 14.5. The molecule has 4 aliphatic rings.